The predicted octanol–water partition coefficient (Wildman–Crippen LogP) is 3.73. The maximum absolute atomic E-state index is 15.0. The molecule has 2 fully saturated rings. The summed E-state index contributed by atoms with van der Waals surface area (Å²) >= 11 is 2.06. The van der Waals surface area contributed by atoms with Gasteiger partial charge in [-0.3, -0.25) is 4.79 Å². The minimum Gasteiger partial charge on any atom is -0.493 e. The maximum atomic E-state index is 15.0. The van der Waals surface area contributed by atoms with Gasteiger partial charge in [0.2, 0.25) is 5.88 Å². The normalized spacial score (nSPS) is 22.5. The van der Waals surface area contributed by atoms with E-state index in [1.54, 1.807) is 4.90 Å². The molecule has 174 valence electrons. The molecule has 13 heteroatoms. The molecule has 2 aliphatic rings. The largest absolute Gasteiger partial charge is 0.493 e. The molecule has 0 unspecified atom stereocenters. The number of carbonyl (C=O) groups excluding carboxylic acids is 1. The van der Waals surface area contributed by atoms with Gasteiger partial charge < -0.3 is 19.5 Å². The van der Waals surface area contributed by atoms with Crippen LogP contribution in [0.15, 0.2) is 24.7 Å². The highest BCUT2D eigenvalue weighted by molar-refractivity contribution is 14.2. The quantitative estimate of drug-likeness (QED) is 0.332. The van der Waals surface area contributed by atoms with E-state index in [0.29, 0.717) is 19.4 Å². The van der Waals surface area contributed by atoms with Crippen LogP contribution in [0.5, 0.6) is 5.88 Å². The van der Waals surface area contributed by atoms with E-state index in [9.17, 15) is 14.3 Å². The fourth-order valence-corrected chi connectivity index (χ4v) is 5.50. The number of nitrogens with one attached hydrogen (secondary N) is 1. The topological polar surface area (TPSA) is 105 Å². The molecule has 1 aliphatic carbocycles. The minimum atomic E-state index is -0.636. The predicted molar refractivity (Wildman–Crippen MR) is 125 cm³/mol. The van der Waals surface area contributed by atoms with Crippen LogP contribution < -0.4 is 10.2 Å². The smallest absolute Gasteiger partial charge is 0.256 e. The lowest BCUT2D eigenvalue weighted by Gasteiger charge is -2.34. The van der Waals surface area contributed by atoms with Gasteiger partial charge in [-0.05, 0) is 31.7 Å². The van der Waals surface area contributed by atoms with Crippen molar-refractivity contribution in [2.75, 3.05) is 11.4 Å². The van der Waals surface area contributed by atoms with Gasteiger partial charge in [-0.25, -0.2) is 23.3 Å². The van der Waals surface area contributed by atoms with E-state index in [-0.39, 0.29) is 46.5 Å². The highest BCUT2D eigenvalue weighted by atomic mass is 127. The van der Waals surface area contributed by atoms with Crippen molar-refractivity contribution in [3.8, 4) is 5.88 Å². The molecule has 1 saturated carbocycles. The number of pyridine rings is 1. The van der Waals surface area contributed by atoms with Gasteiger partial charge in [-0.2, -0.15) is 5.10 Å². The fraction of sp³-hybridized carbons (Fsp3) is 0.400. The van der Waals surface area contributed by atoms with Crippen molar-refractivity contribution in [1.29, 1.82) is 0 Å². The molecule has 0 radical (unpaired) electrons. The summed E-state index contributed by atoms with van der Waals surface area (Å²) in [4.78, 5) is 22.6. The third-order valence-electron chi connectivity index (χ3n) is 6.02. The van der Waals surface area contributed by atoms with Crippen molar-refractivity contribution >= 4 is 47.8 Å². The zero-order chi connectivity index (χ0) is 23.1. The number of anilines is 1. The Bertz CT molecular complexity index is 1210. The van der Waals surface area contributed by atoms with E-state index in [0.717, 1.165) is 19.0 Å². The Kier molecular flexibility index (Phi) is 6.26. The van der Waals surface area contributed by atoms with Crippen LogP contribution in [-0.4, -0.2) is 49.3 Å². The number of halogens is 3. The lowest BCUT2D eigenvalue weighted by Crippen LogP contribution is -2.47. The van der Waals surface area contributed by atoms with E-state index < -0.39 is 17.7 Å². The molecule has 1 atom stereocenters. The monoisotopic (exact) mass is 588 g/mol. The van der Waals surface area contributed by atoms with Gasteiger partial charge in [0.1, 0.15) is 11.4 Å². The third kappa shape index (κ3) is 4.33. The number of rotatable bonds is 6. The summed E-state index contributed by atoms with van der Waals surface area (Å²) in [5.74, 6) is -1.86. The number of hydrogen-bond acceptors (Lipinski definition) is 8. The first kappa shape index (κ1) is 22.5. The van der Waals surface area contributed by atoms with Crippen LogP contribution in [0.1, 0.15) is 47.6 Å². The summed E-state index contributed by atoms with van der Waals surface area (Å²) in [5, 5.41) is 17.2. The van der Waals surface area contributed by atoms with Gasteiger partial charge in [-0.15, -0.1) is 0 Å². The van der Waals surface area contributed by atoms with Gasteiger partial charge >= 0.3 is 0 Å². The fourth-order valence-electron chi connectivity index (χ4n) is 4.36. The molecule has 0 aromatic carbocycles. The molecule has 1 aliphatic heterocycles. The van der Waals surface area contributed by atoms with E-state index >= 15 is 4.39 Å². The zero-order valence-electron chi connectivity index (χ0n) is 17.1. The Morgan fingerprint density at radius 3 is 2.94 bits per heavy atom. The summed E-state index contributed by atoms with van der Waals surface area (Å²) in [6, 6.07) is 0.693. The maximum Gasteiger partial charge on any atom is 0.256 e. The van der Waals surface area contributed by atoms with Crippen molar-refractivity contribution in [1.82, 2.24) is 24.9 Å². The number of hydrogen-bond donors (Lipinski definition) is 2. The zero-order valence-corrected chi connectivity index (χ0v) is 20.1. The molecule has 5 rings (SSSR count). The van der Waals surface area contributed by atoms with Crippen LogP contribution in [-0.2, 0) is 4.18 Å². The van der Waals surface area contributed by atoms with Crippen LogP contribution in [0.3, 0.4) is 0 Å². The molecule has 3 aromatic heterocycles. The average molecular weight is 588 g/mol. The van der Waals surface area contributed by atoms with Crippen LogP contribution in [0.2, 0.25) is 0 Å². The Balaban J connectivity index is 1.43. The average Bonchev–Trinajstić information content (AvgIpc) is 3.40. The van der Waals surface area contributed by atoms with Crippen molar-refractivity contribution < 1.29 is 22.9 Å². The van der Waals surface area contributed by atoms with Crippen LogP contribution in [0, 0.1) is 11.6 Å². The lowest BCUT2D eigenvalue weighted by molar-refractivity contribution is 0.0789. The first-order valence-corrected chi connectivity index (χ1v) is 13.6. The number of fused-ring (bicyclic) bond motifs is 1. The SMILES string of the molecule is O=C(N[C@H]1C[C@H](OSI)C1)c1cnn2cc(F)c(N3CCC[C@@H]3c3cc(F)cnc3O)nc12. The minimum absolute atomic E-state index is 0.00710. The number of aromatic nitrogens is 4. The summed E-state index contributed by atoms with van der Waals surface area (Å²) < 4.78 is 35.4. The van der Waals surface area contributed by atoms with Crippen LogP contribution in [0.4, 0.5) is 14.6 Å². The van der Waals surface area contributed by atoms with Crippen molar-refractivity contribution in [2.45, 2.75) is 43.9 Å². The molecule has 1 amide bonds. The summed E-state index contributed by atoms with van der Waals surface area (Å²) in [5.41, 5.74) is 0.715. The van der Waals surface area contributed by atoms with Gasteiger partial charge in [0, 0.05) is 39.4 Å². The summed E-state index contributed by atoms with van der Waals surface area (Å²) in [6.07, 6.45) is 6.26. The highest BCUT2D eigenvalue weighted by Crippen LogP contribution is 2.39. The molecular formula is C20H19F2IN6O3S. The van der Waals surface area contributed by atoms with Crippen molar-refractivity contribution in [3.05, 3.63) is 47.4 Å². The van der Waals surface area contributed by atoms with E-state index in [2.05, 4.69) is 41.6 Å². The van der Waals surface area contributed by atoms with Crippen molar-refractivity contribution in [3.63, 3.8) is 0 Å². The Morgan fingerprint density at radius 1 is 1.33 bits per heavy atom. The molecule has 4 heterocycles. The van der Waals surface area contributed by atoms with Crippen molar-refractivity contribution in [2.24, 2.45) is 0 Å². The van der Waals surface area contributed by atoms with Crippen LogP contribution >= 0.6 is 30.4 Å². The first-order chi connectivity index (χ1) is 15.9. The Labute approximate surface area is 203 Å². The van der Waals surface area contributed by atoms with Gasteiger partial charge in [0.25, 0.3) is 5.91 Å². The van der Waals surface area contributed by atoms with Gasteiger partial charge in [0.05, 0.1) is 40.0 Å². The molecule has 0 spiro atoms. The standard InChI is InChI=1S/C20H19F2IN6O3S/c21-10-4-13(19(30)24-7-10)16-2-1-3-28(16)18-15(22)9-29-17(27-18)14(8-25-29)20(31)26-11-5-12(6-11)32-33-23/h4,7-9,11-12,16H,1-3,5-6H2,(H,24,30)(H,26,31)/t11-,12-,16-/m1/s1. The third-order valence-corrected chi connectivity index (χ3v) is 6.99. The first-order valence-electron chi connectivity index (χ1n) is 10.3. The van der Waals surface area contributed by atoms with E-state index in [1.165, 1.54) is 32.2 Å². The number of aromatic hydroxyl groups is 1. The molecule has 3 aromatic rings. The summed E-state index contributed by atoms with van der Waals surface area (Å²) in [7, 11) is 1.27. The molecular weight excluding hydrogens is 569 g/mol. The lowest BCUT2D eigenvalue weighted by atomic mass is 9.89. The second-order valence-electron chi connectivity index (χ2n) is 8.08. The van der Waals surface area contributed by atoms with E-state index in [4.69, 9.17) is 4.18 Å². The summed E-state index contributed by atoms with van der Waals surface area (Å²) in [6.45, 7) is 0.453. The Hall–Kier alpha value is -2.26. The van der Waals surface area contributed by atoms with E-state index in [1.807, 2.05) is 0 Å². The second kappa shape index (κ2) is 9.18. The van der Waals surface area contributed by atoms with Crippen LogP contribution in [0.25, 0.3) is 5.65 Å². The highest BCUT2D eigenvalue weighted by Gasteiger charge is 2.34. The number of amides is 1. The molecule has 1 saturated heterocycles. The molecule has 0 bridgehead atoms. The molecule has 2 N–H and O–H groups in total. The molecule has 9 nitrogen and oxygen atoms in total. The Morgan fingerprint density at radius 2 is 2.15 bits per heavy atom. The van der Waals surface area contributed by atoms with Gasteiger partial charge in [0.15, 0.2) is 17.3 Å². The number of carbonyl (C=O) groups is 1. The second-order valence-corrected chi connectivity index (χ2v) is 9.48. The van der Waals surface area contributed by atoms with Gasteiger partial charge in [-0.1, -0.05) is 0 Å². The number of nitrogens with zero attached hydrogens (tertiary/aromatic N) is 5. The molecule has 33 heavy (non-hydrogen) atoms.